The van der Waals surface area contributed by atoms with E-state index in [0.717, 1.165) is 13.0 Å². The lowest BCUT2D eigenvalue weighted by atomic mass is 9.76. The Hall–Kier alpha value is -0.890. The molecule has 0 saturated carbocycles. The summed E-state index contributed by atoms with van der Waals surface area (Å²) in [6.45, 7) is 3.20. The molecule has 2 rings (SSSR count). The maximum absolute atomic E-state index is 13.2. The average molecular weight is 207 g/mol. The van der Waals surface area contributed by atoms with Crippen LogP contribution in [0.2, 0.25) is 0 Å². The second kappa shape index (κ2) is 4.31. The van der Waals surface area contributed by atoms with Crippen molar-refractivity contribution >= 4 is 0 Å². The van der Waals surface area contributed by atoms with Crippen molar-refractivity contribution < 1.29 is 4.39 Å². The summed E-state index contributed by atoms with van der Waals surface area (Å²) in [5.41, 5.74) is 2.54. The Morgan fingerprint density at radius 1 is 1.47 bits per heavy atom. The summed E-state index contributed by atoms with van der Waals surface area (Å²) < 4.78 is 13.2. The van der Waals surface area contributed by atoms with Crippen molar-refractivity contribution in [3.63, 3.8) is 0 Å². The first-order valence-corrected chi connectivity index (χ1v) is 5.65. The zero-order chi connectivity index (χ0) is 10.8. The van der Waals surface area contributed by atoms with E-state index in [0.29, 0.717) is 11.8 Å². The van der Waals surface area contributed by atoms with E-state index in [4.69, 9.17) is 0 Å². The molecule has 1 nitrogen and oxygen atoms in total. The highest BCUT2D eigenvalue weighted by Crippen LogP contribution is 2.35. The highest BCUT2D eigenvalue weighted by atomic mass is 19.1. The number of benzene rings is 1. The minimum Gasteiger partial charge on any atom is -0.319 e. The number of hydrogen-bond acceptors (Lipinski definition) is 1. The molecule has 0 heterocycles. The SMILES string of the molecule is CNCC1c2cc(F)ccc2CCC1C. The van der Waals surface area contributed by atoms with Gasteiger partial charge < -0.3 is 5.32 Å². The van der Waals surface area contributed by atoms with Gasteiger partial charge in [0, 0.05) is 6.54 Å². The second-order valence-corrected chi connectivity index (χ2v) is 4.52. The monoisotopic (exact) mass is 207 g/mol. The molecule has 1 aliphatic carbocycles. The van der Waals surface area contributed by atoms with E-state index < -0.39 is 0 Å². The van der Waals surface area contributed by atoms with Crippen molar-refractivity contribution in [3.05, 3.63) is 35.1 Å². The van der Waals surface area contributed by atoms with Gasteiger partial charge in [-0.2, -0.15) is 0 Å². The molecule has 1 aliphatic rings. The Morgan fingerprint density at radius 2 is 2.27 bits per heavy atom. The zero-order valence-electron chi connectivity index (χ0n) is 9.39. The topological polar surface area (TPSA) is 12.0 Å². The van der Waals surface area contributed by atoms with Crippen molar-refractivity contribution in [3.8, 4) is 0 Å². The quantitative estimate of drug-likeness (QED) is 0.786. The average Bonchev–Trinajstić information content (AvgIpc) is 2.23. The van der Waals surface area contributed by atoms with Crippen LogP contribution in [-0.4, -0.2) is 13.6 Å². The first-order valence-electron chi connectivity index (χ1n) is 5.65. The molecule has 0 radical (unpaired) electrons. The largest absolute Gasteiger partial charge is 0.319 e. The van der Waals surface area contributed by atoms with Crippen LogP contribution in [-0.2, 0) is 6.42 Å². The van der Waals surface area contributed by atoms with Crippen molar-refractivity contribution in [2.75, 3.05) is 13.6 Å². The third kappa shape index (κ3) is 2.05. The van der Waals surface area contributed by atoms with Gasteiger partial charge in [-0.3, -0.25) is 0 Å². The molecular weight excluding hydrogens is 189 g/mol. The standard InChI is InChI=1S/C13H18FN/c1-9-3-4-10-5-6-11(14)7-12(10)13(9)8-15-2/h5-7,9,13,15H,3-4,8H2,1-2H3. The predicted molar refractivity (Wildman–Crippen MR) is 60.6 cm³/mol. The zero-order valence-corrected chi connectivity index (χ0v) is 9.39. The molecule has 2 unspecified atom stereocenters. The first kappa shape index (κ1) is 10.6. The minimum atomic E-state index is -0.107. The van der Waals surface area contributed by atoms with Crippen LogP contribution < -0.4 is 5.32 Å². The molecule has 82 valence electrons. The molecule has 0 saturated heterocycles. The molecule has 1 aromatic rings. The summed E-state index contributed by atoms with van der Waals surface area (Å²) in [6, 6.07) is 5.23. The summed E-state index contributed by atoms with van der Waals surface area (Å²) in [6.07, 6.45) is 2.31. The summed E-state index contributed by atoms with van der Waals surface area (Å²) in [7, 11) is 1.96. The third-order valence-corrected chi connectivity index (χ3v) is 3.49. The van der Waals surface area contributed by atoms with Gasteiger partial charge in [0.25, 0.3) is 0 Å². The fourth-order valence-electron chi connectivity index (χ4n) is 2.56. The van der Waals surface area contributed by atoms with Gasteiger partial charge in [0.05, 0.1) is 0 Å². The molecule has 15 heavy (non-hydrogen) atoms. The van der Waals surface area contributed by atoms with Crippen LogP contribution in [0, 0.1) is 11.7 Å². The molecule has 0 spiro atoms. The summed E-state index contributed by atoms with van der Waals surface area (Å²) in [5.74, 6) is 1.00. The van der Waals surface area contributed by atoms with E-state index in [-0.39, 0.29) is 5.82 Å². The van der Waals surface area contributed by atoms with E-state index >= 15 is 0 Å². The summed E-state index contributed by atoms with van der Waals surface area (Å²) in [4.78, 5) is 0. The third-order valence-electron chi connectivity index (χ3n) is 3.49. The van der Waals surface area contributed by atoms with Crippen molar-refractivity contribution in [2.45, 2.75) is 25.7 Å². The highest BCUT2D eigenvalue weighted by molar-refractivity contribution is 5.34. The van der Waals surface area contributed by atoms with Gasteiger partial charge in [0.2, 0.25) is 0 Å². The Kier molecular flexibility index (Phi) is 3.06. The lowest BCUT2D eigenvalue weighted by Crippen LogP contribution is -2.27. The van der Waals surface area contributed by atoms with Crippen LogP contribution in [0.15, 0.2) is 18.2 Å². The smallest absolute Gasteiger partial charge is 0.123 e. The number of hydrogen-bond donors (Lipinski definition) is 1. The van der Waals surface area contributed by atoms with Gasteiger partial charge in [-0.1, -0.05) is 13.0 Å². The predicted octanol–water partition coefficient (Wildman–Crippen LogP) is 2.71. The maximum Gasteiger partial charge on any atom is 0.123 e. The number of nitrogens with one attached hydrogen (secondary N) is 1. The number of rotatable bonds is 2. The van der Waals surface area contributed by atoms with Gasteiger partial charge in [-0.05, 0) is 55.0 Å². The van der Waals surface area contributed by atoms with Crippen LogP contribution in [0.1, 0.15) is 30.4 Å². The molecular formula is C13H18FN. The number of likely N-dealkylation sites (N-methyl/N-ethyl adjacent to an activating group) is 1. The van der Waals surface area contributed by atoms with Crippen LogP contribution in [0.25, 0.3) is 0 Å². The second-order valence-electron chi connectivity index (χ2n) is 4.52. The van der Waals surface area contributed by atoms with E-state index in [2.05, 4.69) is 12.2 Å². The fraction of sp³-hybridized carbons (Fsp3) is 0.538. The Bertz CT molecular complexity index is 348. The lowest BCUT2D eigenvalue weighted by molar-refractivity contribution is 0.391. The molecule has 1 N–H and O–H groups in total. The lowest BCUT2D eigenvalue weighted by Gasteiger charge is -2.31. The van der Waals surface area contributed by atoms with Gasteiger partial charge in [-0.25, -0.2) is 4.39 Å². The molecule has 0 amide bonds. The van der Waals surface area contributed by atoms with E-state index in [9.17, 15) is 4.39 Å². The van der Waals surface area contributed by atoms with Crippen LogP contribution >= 0.6 is 0 Å². The Morgan fingerprint density at radius 3 is 3.00 bits per heavy atom. The van der Waals surface area contributed by atoms with Crippen LogP contribution in [0.3, 0.4) is 0 Å². The first-order chi connectivity index (χ1) is 7.22. The molecule has 0 aliphatic heterocycles. The fourth-order valence-corrected chi connectivity index (χ4v) is 2.56. The Balaban J connectivity index is 2.36. The number of aryl methyl sites for hydroxylation is 1. The van der Waals surface area contributed by atoms with Gasteiger partial charge in [0.15, 0.2) is 0 Å². The molecule has 2 atom stereocenters. The normalized spacial score (nSPS) is 25.0. The molecule has 1 aromatic carbocycles. The summed E-state index contributed by atoms with van der Waals surface area (Å²) >= 11 is 0. The summed E-state index contributed by atoms with van der Waals surface area (Å²) in [5, 5.41) is 3.21. The van der Waals surface area contributed by atoms with E-state index in [1.165, 1.54) is 17.5 Å². The molecule has 0 fully saturated rings. The van der Waals surface area contributed by atoms with E-state index in [1.54, 1.807) is 12.1 Å². The van der Waals surface area contributed by atoms with Crippen LogP contribution in [0.5, 0.6) is 0 Å². The van der Waals surface area contributed by atoms with Crippen molar-refractivity contribution in [1.82, 2.24) is 5.32 Å². The van der Waals surface area contributed by atoms with Crippen LogP contribution in [0.4, 0.5) is 4.39 Å². The maximum atomic E-state index is 13.2. The van der Waals surface area contributed by atoms with Crippen molar-refractivity contribution in [1.29, 1.82) is 0 Å². The molecule has 2 heteroatoms. The van der Waals surface area contributed by atoms with Gasteiger partial charge in [0.1, 0.15) is 5.82 Å². The Labute approximate surface area is 90.7 Å². The molecule has 0 bridgehead atoms. The number of halogens is 1. The minimum absolute atomic E-state index is 0.107. The molecule has 0 aromatic heterocycles. The van der Waals surface area contributed by atoms with Crippen molar-refractivity contribution in [2.24, 2.45) is 5.92 Å². The van der Waals surface area contributed by atoms with Gasteiger partial charge >= 0.3 is 0 Å². The van der Waals surface area contributed by atoms with E-state index in [1.807, 2.05) is 13.1 Å². The van der Waals surface area contributed by atoms with Gasteiger partial charge in [-0.15, -0.1) is 0 Å². The highest BCUT2D eigenvalue weighted by Gasteiger charge is 2.26. The number of fused-ring (bicyclic) bond motifs is 1.